The van der Waals surface area contributed by atoms with Gasteiger partial charge in [-0.2, -0.15) is 5.10 Å². The number of piperidine rings is 1. The zero-order chi connectivity index (χ0) is 22.9. The number of fused-ring (bicyclic) bond motifs is 1. The molecule has 2 aliphatic heterocycles. The van der Waals surface area contributed by atoms with Crippen molar-refractivity contribution in [3.8, 4) is 0 Å². The quantitative estimate of drug-likeness (QED) is 0.594. The van der Waals surface area contributed by atoms with Crippen LogP contribution in [0.2, 0.25) is 0 Å². The number of aromatic nitrogens is 4. The molecule has 0 unspecified atom stereocenters. The maximum atomic E-state index is 13.0. The standard InChI is InChI=1S/C26H32N6O/c1-18-22-12-13-24(33)32(16-20-9-5-4-6-10-20)26(22)29-25(28-18)23-11-7-8-14-31(23)17-21-15-27-30(3)19(21)2/h4-6,9-10,15,23H,7-8,11-14,16-17H2,1-3H3/t23-/m1/s1. The molecule has 5 rings (SSSR count). The van der Waals surface area contributed by atoms with Gasteiger partial charge in [0.25, 0.3) is 0 Å². The summed E-state index contributed by atoms with van der Waals surface area (Å²) >= 11 is 0. The fourth-order valence-corrected chi connectivity index (χ4v) is 5.07. The fraction of sp³-hybridized carbons (Fsp3) is 0.462. The molecule has 2 aromatic heterocycles. The van der Waals surface area contributed by atoms with Gasteiger partial charge in [-0.15, -0.1) is 0 Å². The van der Waals surface area contributed by atoms with Crippen molar-refractivity contribution in [2.24, 2.45) is 7.05 Å². The van der Waals surface area contributed by atoms with E-state index in [0.29, 0.717) is 13.0 Å². The van der Waals surface area contributed by atoms with Crippen molar-refractivity contribution < 1.29 is 4.79 Å². The van der Waals surface area contributed by atoms with E-state index in [0.717, 1.165) is 54.4 Å². The lowest BCUT2D eigenvalue weighted by molar-refractivity contribution is -0.119. The summed E-state index contributed by atoms with van der Waals surface area (Å²) < 4.78 is 1.93. The van der Waals surface area contributed by atoms with Gasteiger partial charge < -0.3 is 0 Å². The van der Waals surface area contributed by atoms with Gasteiger partial charge in [0.05, 0.1) is 18.8 Å². The Kier molecular flexibility index (Phi) is 5.98. The summed E-state index contributed by atoms with van der Waals surface area (Å²) in [7, 11) is 1.99. The minimum Gasteiger partial charge on any atom is -0.292 e. The summed E-state index contributed by atoms with van der Waals surface area (Å²) in [5.74, 6) is 1.79. The van der Waals surface area contributed by atoms with Crippen LogP contribution in [0.3, 0.4) is 0 Å². The molecule has 0 bridgehead atoms. The van der Waals surface area contributed by atoms with Crippen LogP contribution >= 0.6 is 0 Å². The normalized spacial score (nSPS) is 19.1. The second-order valence-corrected chi connectivity index (χ2v) is 9.30. The van der Waals surface area contributed by atoms with Crippen molar-refractivity contribution in [3.63, 3.8) is 0 Å². The van der Waals surface area contributed by atoms with Crippen molar-refractivity contribution in [2.75, 3.05) is 11.4 Å². The van der Waals surface area contributed by atoms with E-state index >= 15 is 0 Å². The first-order chi connectivity index (χ1) is 16.0. The first kappa shape index (κ1) is 21.8. The molecule has 172 valence electrons. The number of benzene rings is 1. The van der Waals surface area contributed by atoms with Crippen LogP contribution in [0.4, 0.5) is 5.82 Å². The molecule has 4 heterocycles. The Morgan fingerprint density at radius 3 is 2.61 bits per heavy atom. The number of carbonyl (C=O) groups excluding carboxylic acids is 1. The molecule has 0 N–H and O–H groups in total. The molecule has 0 saturated carbocycles. The topological polar surface area (TPSA) is 67.2 Å². The molecule has 0 radical (unpaired) electrons. The summed E-state index contributed by atoms with van der Waals surface area (Å²) in [4.78, 5) is 27.4. The molecular weight excluding hydrogens is 412 g/mol. The Hall–Kier alpha value is -3.06. The smallest absolute Gasteiger partial charge is 0.228 e. The molecular formula is C26H32N6O. The van der Waals surface area contributed by atoms with E-state index in [-0.39, 0.29) is 11.9 Å². The fourth-order valence-electron chi connectivity index (χ4n) is 5.07. The average molecular weight is 445 g/mol. The lowest BCUT2D eigenvalue weighted by atomic mass is 9.98. The second-order valence-electron chi connectivity index (χ2n) is 9.30. The largest absolute Gasteiger partial charge is 0.292 e. The Morgan fingerprint density at radius 1 is 1.03 bits per heavy atom. The highest BCUT2D eigenvalue weighted by molar-refractivity contribution is 5.95. The minimum absolute atomic E-state index is 0.141. The summed E-state index contributed by atoms with van der Waals surface area (Å²) in [5.41, 5.74) is 5.67. The van der Waals surface area contributed by atoms with E-state index in [9.17, 15) is 4.79 Å². The molecule has 33 heavy (non-hydrogen) atoms. The second kappa shape index (κ2) is 9.06. The van der Waals surface area contributed by atoms with Crippen LogP contribution in [0.25, 0.3) is 0 Å². The van der Waals surface area contributed by atoms with E-state index in [4.69, 9.17) is 9.97 Å². The maximum absolute atomic E-state index is 13.0. The van der Waals surface area contributed by atoms with Gasteiger partial charge in [0, 0.05) is 42.5 Å². The number of nitrogens with zero attached hydrogens (tertiary/aromatic N) is 6. The molecule has 1 saturated heterocycles. The Balaban J connectivity index is 1.48. The zero-order valence-corrected chi connectivity index (χ0v) is 19.8. The molecule has 7 nitrogen and oxygen atoms in total. The van der Waals surface area contributed by atoms with Crippen molar-refractivity contribution in [3.05, 3.63) is 70.4 Å². The van der Waals surface area contributed by atoms with Crippen LogP contribution in [-0.2, 0) is 31.4 Å². The van der Waals surface area contributed by atoms with Crippen molar-refractivity contribution in [2.45, 2.75) is 65.1 Å². The predicted molar refractivity (Wildman–Crippen MR) is 128 cm³/mol. The van der Waals surface area contributed by atoms with Crippen molar-refractivity contribution in [1.82, 2.24) is 24.6 Å². The van der Waals surface area contributed by atoms with Crippen LogP contribution in [-0.4, -0.2) is 37.1 Å². The maximum Gasteiger partial charge on any atom is 0.228 e. The third-order valence-electron chi connectivity index (χ3n) is 7.16. The highest BCUT2D eigenvalue weighted by atomic mass is 16.2. The van der Waals surface area contributed by atoms with Gasteiger partial charge in [-0.25, -0.2) is 9.97 Å². The van der Waals surface area contributed by atoms with Gasteiger partial charge in [0.2, 0.25) is 5.91 Å². The molecule has 0 aliphatic carbocycles. The van der Waals surface area contributed by atoms with E-state index in [1.165, 1.54) is 24.1 Å². The van der Waals surface area contributed by atoms with E-state index in [1.807, 2.05) is 41.0 Å². The first-order valence-electron chi connectivity index (χ1n) is 11.9. The van der Waals surface area contributed by atoms with Crippen LogP contribution in [0.5, 0.6) is 0 Å². The van der Waals surface area contributed by atoms with Crippen LogP contribution in [0.1, 0.15) is 65.6 Å². The van der Waals surface area contributed by atoms with E-state index < -0.39 is 0 Å². The number of hydrogen-bond donors (Lipinski definition) is 0. The summed E-state index contributed by atoms with van der Waals surface area (Å²) in [6, 6.07) is 10.3. The van der Waals surface area contributed by atoms with Crippen LogP contribution in [0.15, 0.2) is 36.5 Å². The number of hydrogen-bond acceptors (Lipinski definition) is 5. The van der Waals surface area contributed by atoms with Gasteiger partial charge in [0.1, 0.15) is 11.6 Å². The number of anilines is 1. The molecule has 1 amide bonds. The number of likely N-dealkylation sites (tertiary alicyclic amines) is 1. The monoisotopic (exact) mass is 444 g/mol. The molecule has 2 aliphatic rings. The van der Waals surface area contributed by atoms with Crippen molar-refractivity contribution >= 4 is 11.7 Å². The van der Waals surface area contributed by atoms with Crippen LogP contribution < -0.4 is 4.90 Å². The molecule has 7 heteroatoms. The molecule has 3 aromatic rings. The molecule has 0 spiro atoms. The van der Waals surface area contributed by atoms with E-state index in [2.05, 4.69) is 36.0 Å². The summed E-state index contributed by atoms with van der Waals surface area (Å²) in [5, 5.41) is 4.42. The highest BCUT2D eigenvalue weighted by Crippen LogP contribution is 2.35. The molecule has 1 aromatic carbocycles. The minimum atomic E-state index is 0.141. The van der Waals surface area contributed by atoms with Gasteiger partial charge in [-0.05, 0) is 45.2 Å². The average Bonchev–Trinajstić information content (AvgIpc) is 3.14. The van der Waals surface area contributed by atoms with E-state index in [1.54, 1.807) is 0 Å². The lowest BCUT2D eigenvalue weighted by Crippen LogP contribution is -2.38. The summed E-state index contributed by atoms with van der Waals surface area (Å²) in [6.45, 7) is 6.60. The van der Waals surface area contributed by atoms with Crippen LogP contribution in [0, 0.1) is 13.8 Å². The Morgan fingerprint density at radius 2 is 1.85 bits per heavy atom. The summed E-state index contributed by atoms with van der Waals surface area (Å²) in [6.07, 6.45) is 6.58. The number of aryl methyl sites for hydroxylation is 2. The zero-order valence-electron chi connectivity index (χ0n) is 19.8. The Bertz CT molecular complexity index is 1160. The van der Waals surface area contributed by atoms with Gasteiger partial charge in [0.15, 0.2) is 0 Å². The molecule has 1 fully saturated rings. The van der Waals surface area contributed by atoms with Crippen molar-refractivity contribution in [1.29, 1.82) is 0 Å². The van der Waals surface area contributed by atoms with Gasteiger partial charge in [-0.3, -0.25) is 19.3 Å². The van der Waals surface area contributed by atoms with Gasteiger partial charge in [-0.1, -0.05) is 36.8 Å². The molecule has 1 atom stereocenters. The lowest BCUT2D eigenvalue weighted by Gasteiger charge is -2.36. The Labute approximate surface area is 195 Å². The van der Waals surface area contributed by atoms with Gasteiger partial charge >= 0.3 is 0 Å². The third-order valence-corrected chi connectivity index (χ3v) is 7.16. The number of carbonyl (C=O) groups is 1. The third kappa shape index (κ3) is 4.29. The number of rotatable bonds is 5. The first-order valence-corrected chi connectivity index (χ1v) is 11.9. The number of amides is 1. The predicted octanol–water partition coefficient (Wildman–Crippen LogP) is 4.03. The highest BCUT2D eigenvalue weighted by Gasteiger charge is 2.32. The SMILES string of the molecule is Cc1nc([C@H]2CCCCN2Cc2cnn(C)c2C)nc2c1CCC(=O)N2Cc1ccccc1.